The summed E-state index contributed by atoms with van der Waals surface area (Å²) in [7, 11) is 0. The molecule has 1 aliphatic heterocycles. The predicted octanol–water partition coefficient (Wildman–Crippen LogP) is 0.451. The third kappa shape index (κ3) is 2.08. The largest absolute Gasteiger partial charge is 0.368 e. The topological polar surface area (TPSA) is 135 Å². The summed E-state index contributed by atoms with van der Waals surface area (Å²) in [6, 6.07) is 5.84. The van der Waals surface area contributed by atoms with Gasteiger partial charge in [0, 0.05) is 10.3 Å². The van der Waals surface area contributed by atoms with Crippen molar-refractivity contribution in [2.24, 2.45) is 15.7 Å². The maximum Gasteiger partial charge on any atom is 0.289 e. The first-order valence-corrected chi connectivity index (χ1v) is 5.98. The summed E-state index contributed by atoms with van der Waals surface area (Å²) in [6.45, 7) is 0. The van der Waals surface area contributed by atoms with E-state index in [0.29, 0.717) is 11.1 Å². The molecule has 104 valence electrons. The van der Waals surface area contributed by atoms with Crippen LogP contribution in [0.25, 0.3) is 10.9 Å². The summed E-state index contributed by atoms with van der Waals surface area (Å²) in [5.41, 5.74) is 6.54. The average molecular weight is 283 g/mol. The minimum absolute atomic E-state index is 0.0433. The minimum Gasteiger partial charge on any atom is -0.368 e. The van der Waals surface area contributed by atoms with Gasteiger partial charge in [0.1, 0.15) is 0 Å². The number of hydrogen-bond acceptors (Lipinski definition) is 7. The van der Waals surface area contributed by atoms with Crippen molar-refractivity contribution in [1.29, 1.82) is 5.26 Å². The zero-order valence-corrected chi connectivity index (χ0v) is 10.6. The van der Waals surface area contributed by atoms with E-state index in [9.17, 15) is 10.1 Å². The van der Waals surface area contributed by atoms with Gasteiger partial charge in [-0.25, -0.2) is 14.7 Å². The lowest BCUT2D eigenvalue weighted by molar-refractivity contribution is -0.508. The SMILES string of the molecule is N#Cc1ccc2cnn(C3N=C(N)N=CC3[N+](=O)[O-])c2c1. The molecular weight excluding hydrogens is 274 g/mol. The first-order valence-electron chi connectivity index (χ1n) is 5.98. The third-order valence-corrected chi connectivity index (χ3v) is 3.15. The molecule has 0 amide bonds. The highest BCUT2D eigenvalue weighted by molar-refractivity contribution is 5.90. The van der Waals surface area contributed by atoms with Gasteiger partial charge in [0.05, 0.1) is 29.6 Å². The fourth-order valence-electron chi connectivity index (χ4n) is 2.16. The molecule has 0 saturated heterocycles. The van der Waals surface area contributed by atoms with Gasteiger partial charge in [-0.05, 0) is 18.2 Å². The molecule has 9 heteroatoms. The number of nitro groups is 1. The number of fused-ring (bicyclic) bond motifs is 1. The van der Waals surface area contributed by atoms with Crippen molar-refractivity contribution in [1.82, 2.24) is 9.78 Å². The van der Waals surface area contributed by atoms with E-state index in [-0.39, 0.29) is 5.96 Å². The van der Waals surface area contributed by atoms with Crippen molar-refractivity contribution in [2.45, 2.75) is 12.2 Å². The van der Waals surface area contributed by atoms with Crippen LogP contribution in [0.3, 0.4) is 0 Å². The van der Waals surface area contributed by atoms with Gasteiger partial charge in [-0.15, -0.1) is 0 Å². The number of aromatic nitrogens is 2. The average Bonchev–Trinajstić information content (AvgIpc) is 2.89. The molecule has 0 fully saturated rings. The fraction of sp³-hybridized carbons (Fsp3) is 0.167. The second kappa shape index (κ2) is 4.68. The van der Waals surface area contributed by atoms with Crippen molar-refractivity contribution in [2.75, 3.05) is 0 Å². The Bertz CT molecular complexity index is 830. The molecule has 1 aliphatic rings. The monoisotopic (exact) mass is 283 g/mol. The molecule has 9 nitrogen and oxygen atoms in total. The Morgan fingerprint density at radius 2 is 2.29 bits per heavy atom. The molecule has 1 aromatic heterocycles. The molecule has 2 heterocycles. The first-order chi connectivity index (χ1) is 10.1. The lowest BCUT2D eigenvalue weighted by atomic mass is 10.1. The zero-order chi connectivity index (χ0) is 15.0. The van der Waals surface area contributed by atoms with Crippen LogP contribution in [0.4, 0.5) is 0 Å². The molecule has 0 radical (unpaired) electrons. The maximum absolute atomic E-state index is 11.1. The zero-order valence-electron chi connectivity index (χ0n) is 10.6. The summed E-state index contributed by atoms with van der Waals surface area (Å²) >= 11 is 0. The molecule has 2 N–H and O–H groups in total. The quantitative estimate of drug-likeness (QED) is 0.630. The van der Waals surface area contributed by atoms with E-state index in [1.807, 2.05) is 6.07 Å². The fourth-order valence-corrected chi connectivity index (χ4v) is 2.16. The van der Waals surface area contributed by atoms with E-state index in [0.717, 1.165) is 11.6 Å². The lowest BCUT2D eigenvalue weighted by Gasteiger charge is -2.18. The van der Waals surface area contributed by atoms with Crippen LogP contribution in [0.2, 0.25) is 0 Å². The van der Waals surface area contributed by atoms with Crippen molar-refractivity contribution < 1.29 is 4.92 Å². The second-order valence-electron chi connectivity index (χ2n) is 4.43. The minimum atomic E-state index is -1.16. The summed E-state index contributed by atoms with van der Waals surface area (Å²) in [6.07, 6.45) is 1.78. The van der Waals surface area contributed by atoms with Crippen LogP contribution in [-0.4, -0.2) is 32.9 Å². The standard InChI is InChI=1S/C12H9N7O2/c13-4-7-1-2-8-5-16-18(9(8)3-7)11-10(19(20)21)6-15-12(14)17-11/h1-3,5-6,10-11H,(H2,14,17). The van der Waals surface area contributed by atoms with Crippen LogP contribution in [-0.2, 0) is 0 Å². The molecule has 3 rings (SSSR count). The number of nitriles is 1. The van der Waals surface area contributed by atoms with Gasteiger partial charge in [0.25, 0.3) is 6.04 Å². The first kappa shape index (κ1) is 12.7. The van der Waals surface area contributed by atoms with E-state index >= 15 is 0 Å². The van der Waals surface area contributed by atoms with E-state index < -0.39 is 17.1 Å². The Kier molecular flexibility index (Phi) is 2.84. The molecular formula is C12H9N7O2. The van der Waals surface area contributed by atoms with Gasteiger partial charge in [-0.1, -0.05) is 0 Å². The summed E-state index contributed by atoms with van der Waals surface area (Å²) in [4.78, 5) is 18.3. The molecule has 21 heavy (non-hydrogen) atoms. The third-order valence-electron chi connectivity index (χ3n) is 3.15. The number of nitrogens with two attached hydrogens (primary N) is 1. The maximum atomic E-state index is 11.1. The van der Waals surface area contributed by atoms with Gasteiger partial charge < -0.3 is 5.73 Å². The highest BCUT2D eigenvalue weighted by Gasteiger charge is 2.35. The van der Waals surface area contributed by atoms with Crippen molar-refractivity contribution >= 4 is 23.1 Å². The molecule has 0 bridgehead atoms. The number of benzene rings is 1. The Morgan fingerprint density at radius 3 is 3.00 bits per heavy atom. The lowest BCUT2D eigenvalue weighted by Crippen LogP contribution is -2.37. The van der Waals surface area contributed by atoms with Gasteiger partial charge >= 0.3 is 0 Å². The Morgan fingerprint density at radius 1 is 1.48 bits per heavy atom. The Balaban J connectivity index is 2.16. The summed E-state index contributed by atoms with van der Waals surface area (Å²) in [5, 5.41) is 25.0. The molecule has 1 aromatic carbocycles. The van der Waals surface area contributed by atoms with Crippen LogP contribution < -0.4 is 5.73 Å². The van der Waals surface area contributed by atoms with Crippen molar-refractivity contribution in [3.8, 4) is 6.07 Å². The molecule has 0 spiro atoms. The van der Waals surface area contributed by atoms with Crippen LogP contribution in [0.5, 0.6) is 0 Å². The molecule has 2 atom stereocenters. The van der Waals surface area contributed by atoms with Crippen molar-refractivity contribution in [3.05, 3.63) is 40.1 Å². The van der Waals surface area contributed by atoms with Gasteiger partial charge in [0.2, 0.25) is 12.1 Å². The molecule has 2 unspecified atom stereocenters. The number of rotatable bonds is 2. The Labute approximate surface area is 118 Å². The highest BCUT2D eigenvalue weighted by Crippen LogP contribution is 2.24. The normalized spacial score (nSPS) is 21.0. The van der Waals surface area contributed by atoms with E-state index in [2.05, 4.69) is 15.1 Å². The number of hydrogen-bond donors (Lipinski definition) is 1. The van der Waals surface area contributed by atoms with Crippen molar-refractivity contribution in [3.63, 3.8) is 0 Å². The smallest absolute Gasteiger partial charge is 0.289 e. The van der Waals surface area contributed by atoms with Crippen LogP contribution in [0.1, 0.15) is 11.7 Å². The molecule has 2 aromatic rings. The second-order valence-corrected chi connectivity index (χ2v) is 4.43. The van der Waals surface area contributed by atoms with Gasteiger partial charge in [-0.3, -0.25) is 10.1 Å². The van der Waals surface area contributed by atoms with E-state index in [1.165, 1.54) is 4.68 Å². The molecule has 0 saturated carbocycles. The van der Waals surface area contributed by atoms with Crippen LogP contribution >= 0.6 is 0 Å². The number of nitrogens with zero attached hydrogens (tertiary/aromatic N) is 6. The van der Waals surface area contributed by atoms with Gasteiger partial charge in [0.15, 0.2) is 0 Å². The predicted molar refractivity (Wildman–Crippen MR) is 74.4 cm³/mol. The summed E-state index contributed by atoms with van der Waals surface area (Å²) < 4.78 is 1.39. The van der Waals surface area contributed by atoms with Crippen LogP contribution in [0.15, 0.2) is 34.4 Å². The van der Waals surface area contributed by atoms with E-state index in [4.69, 9.17) is 11.0 Å². The number of guanidine groups is 1. The summed E-state index contributed by atoms with van der Waals surface area (Å²) in [5.74, 6) is -0.0433. The van der Waals surface area contributed by atoms with E-state index in [1.54, 1.807) is 24.4 Å². The highest BCUT2D eigenvalue weighted by atomic mass is 16.6. The molecule has 0 aliphatic carbocycles. The van der Waals surface area contributed by atoms with Gasteiger partial charge in [-0.2, -0.15) is 10.4 Å². The Hall–Kier alpha value is -3.28. The number of aliphatic imine (C=N–C) groups is 2. The van der Waals surface area contributed by atoms with Crippen LogP contribution in [0, 0.1) is 21.4 Å².